The number of nitrogens with zero attached hydrogens (tertiary/aromatic N) is 1. The van der Waals surface area contributed by atoms with Crippen LogP contribution in [0.15, 0.2) is 18.2 Å². The van der Waals surface area contributed by atoms with Gasteiger partial charge in [-0.3, -0.25) is 4.79 Å². The fourth-order valence-electron chi connectivity index (χ4n) is 1.60. The average Bonchev–Trinajstić information content (AvgIpc) is 2.56. The second-order valence-corrected chi connectivity index (χ2v) is 3.68. The molecule has 1 aliphatic heterocycles. The van der Waals surface area contributed by atoms with Crippen LogP contribution in [-0.4, -0.2) is 12.5 Å². The standard InChI is InChI=1S/C10H9ClFNO/c11-7-3-4-8(12)9(6-7)13-5-1-2-10(13)14/h3-4,6H,1-2,5H2. The summed E-state index contributed by atoms with van der Waals surface area (Å²) in [6.07, 6.45) is 1.27. The van der Waals surface area contributed by atoms with Crippen molar-refractivity contribution in [1.29, 1.82) is 0 Å². The first-order valence-corrected chi connectivity index (χ1v) is 4.82. The van der Waals surface area contributed by atoms with Gasteiger partial charge >= 0.3 is 0 Å². The summed E-state index contributed by atoms with van der Waals surface area (Å²) in [5.41, 5.74) is 0.292. The number of hydrogen-bond acceptors (Lipinski definition) is 1. The molecule has 0 atom stereocenters. The zero-order valence-corrected chi connectivity index (χ0v) is 8.22. The van der Waals surface area contributed by atoms with E-state index in [1.54, 1.807) is 0 Å². The van der Waals surface area contributed by atoms with Crippen LogP contribution in [0, 0.1) is 5.82 Å². The van der Waals surface area contributed by atoms with Crippen molar-refractivity contribution in [2.75, 3.05) is 11.4 Å². The van der Waals surface area contributed by atoms with Gasteiger partial charge in [-0.05, 0) is 24.6 Å². The summed E-state index contributed by atoms with van der Waals surface area (Å²) in [6, 6.07) is 4.24. The van der Waals surface area contributed by atoms with Gasteiger partial charge in [-0.1, -0.05) is 11.6 Å². The van der Waals surface area contributed by atoms with Crippen LogP contribution in [0.3, 0.4) is 0 Å². The van der Waals surface area contributed by atoms with E-state index in [1.165, 1.54) is 23.1 Å². The lowest BCUT2D eigenvalue weighted by Gasteiger charge is -2.16. The Hall–Kier alpha value is -1.09. The second kappa shape index (κ2) is 3.58. The van der Waals surface area contributed by atoms with Crippen molar-refractivity contribution < 1.29 is 9.18 Å². The van der Waals surface area contributed by atoms with Gasteiger partial charge in [0, 0.05) is 18.0 Å². The molecule has 1 aliphatic rings. The Balaban J connectivity index is 2.39. The van der Waals surface area contributed by atoms with E-state index >= 15 is 0 Å². The first kappa shape index (κ1) is 9.46. The third-order valence-corrected chi connectivity index (χ3v) is 2.51. The van der Waals surface area contributed by atoms with E-state index in [9.17, 15) is 9.18 Å². The number of carbonyl (C=O) groups is 1. The Labute approximate surface area is 86.3 Å². The van der Waals surface area contributed by atoms with Gasteiger partial charge in [0.2, 0.25) is 5.91 Å². The second-order valence-electron chi connectivity index (χ2n) is 3.24. The van der Waals surface area contributed by atoms with E-state index in [-0.39, 0.29) is 5.91 Å². The van der Waals surface area contributed by atoms with Gasteiger partial charge in [0.15, 0.2) is 0 Å². The third kappa shape index (κ3) is 1.60. The molecule has 0 spiro atoms. The van der Waals surface area contributed by atoms with Crippen LogP contribution < -0.4 is 4.90 Å². The summed E-state index contributed by atoms with van der Waals surface area (Å²) in [5.74, 6) is -0.434. The predicted molar refractivity (Wildman–Crippen MR) is 53.0 cm³/mol. The van der Waals surface area contributed by atoms with Crippen molar-refractivity contribution in [2.24, 2.45) is 0 Å². The highest BCUT2D eigenvalue weighted by Gasteiger charge is 2.24. The van der Waals surface area contributed by atoms with Crippen molar-refractivity contribution >= 4 is 23.2 Å². The van der Waals surface area contributed by atoms with Crippen LogP contribution >= 0.6 is 11.6 Å². The number of halogens is 2. The fraction of sp³-hybridized carbons (Fsp3) is 0.300. The van der Waals surface area contributed by atoms with Crippen LogP contribution in [0.4, 0.5) is 10.1 Å². The van der Waals surface area contributed by atoms with Gasteiger partial charge < -0.3 is 4.90 Å². The molecule has 74 valence electrons. The molecule has 1 saturated heterocycles. The van der Waals surface area contributed by atoms with E-state index < -0.39 is 5.82 Å². The molecule has 14 heavy (non-hydrogen) atoms. The van der Waals surface area contributed by atoms with E-state index in [2.05, 4.69) is 0 Å². The molecule has 1 heterocycles. The van der Waals surface area contributed by atoms with Crippen LogP contribution in [0.2, 0.25) is 5.02 Å². The normalized spacial score (nSPS) is 16.4. The lowest BCUT2D eigenvalue weighted by molar-refractivity contribution is -0.117. The van der Waals surface area contributed by atoms with Crippen molar-refractivity contribution in [3.8, 4) is 0 Å². The molecule has 0 aromatic heterocycles. The highest BCUT2D eigenvalue weighted by Crippen LogP contribution is 2.27. The van der Waals surface area contributed by atoms with E-state index in [4.69, 9.17) is 11.6 Å². The zero-order chi connectivity index (χ0) is 10.1. The minimum atomic E-state index is -0.398. The van der Waals surface area contributed by atoms with Crippen molar-refractivity contribution in [2.45, 2.75) is 12.8 Å². The molecule has 0 unspecified atom stereocenters. The Kier molecular flexibility index (Phi) is 2.42. The summed E-state index contributed by atoms with van der Waals surface area (Å²) in [6.45, 7) is 0.579. The monoisotopic (exact) mass is 213 g/mol. The summed E-state index contributed by atoms with van der Waals surface area (Å²) in [7, 11) is 0. The highest BCUT2D eigenvalue weighted by atomic mass is 35.5. The summed E-state index contributed by atoms with van der Waals surface area (Å²) < 4.78 is 13.3. The van der Waals surface area contributed by atoms with E-state index in [1.807, 2.05) is 0 Å². The molecule has 0 N–H and O–H groups in total. The Morgan fingerprint density at radius 2 is 2.21 bits per heavy atom. The number of anilines is 1. The highest BCUT2D eigenvalue weighted by molar-refractivity contribution is 6.30. The average molecular weight is 214 g/mol. The predicted octanol–water partition coefficient (Wildman–Crippen LogP) is 2.61. The largest absolute Gasteiger partial charge is 0.310 e. The van der Waals surface area contributed by atoms with Crippen LogP contribution in [0.5, 0.6) is 0 Å². The van der Waals surface area contributed by atoms with Gasteiger partial charge in [-0.2, -0.15) is 0 Å². The molecule has 2 rings (SSSR count). The molecule has 0 radical (unpaired) electrons. The molecular weight excluding hydrogens is 205 g/mol. The number of hydrogen-bond donors (Lipinski definition) is 0. The number of amides is 1. The van der Waals surface area contributed by atoms with Gasteiger partial charge in [0.25, 0.3) is 0 Å². The minimum Gasteiger partial charge on any atom is -0.310 e. The summed E-state index contributed by atoms with van der Waals surface area (Å²) in [5, 5.41) is 0.445. The smallest absolute Gasteiger partial charge is 0.227 e. The molecule has 4 heteroatoms. The molecule has 1 fully saturated rings. The van der Waals surface area contributed by atoms with Gasteiger partial charge in [0.1, 0.15) is 5.82 Å². The van der Waals surface area contributed by atoms with Crippen LogP contribution in [-0.2, 0) is 4.79 Å². The molecule has 1 aromatic carbocycles. The Bertz CT molecular complexity index is 380. The summed E-state index contributed by atoms with van der Waals surface area (Å²) >= 11 is 5.74. The molecule has 1 amide bonds. The topological polar surface area (TPSA) is 20.3 Å². The maximum atomic E-state index is 13.3. The Morgan fingerprint density at radius 3 is 2.86 bits per heavy atom. The zero-order valence-electron chi connectivity index (χ0n) is 7.46. The van der Waals surface area contributed by atoms with Gasteiger partial charge in [0.05, 0.1) is 5.69 Å². The van der Waals surface area contributed by atoms with Crippen molar-refractivity contribution in [3.05, 3.63) is 29.0 Å². The van der Waals surface area contributed by atoms with Crippen LogP contribution in [0.25, 0.3) is 0 Å². The van der Waals surface area contributed by atoms with Crippen LogP contribution in [0.1, 0.15) is 12.8 Å². The van der Waals surface area contributed by atoms with Crippen molar-refractivity contribution in [3.63, 3.8) is 0 Å². The lowest BCUT2D eigenvalue weighted by Crippen LogP contribution is -2.24. The first-order chi connectivity index (χ1) is 6.68. The van der Waals surface area contributed by atoms with Gasteiger partial charge in [-0.15, -0.1) is 0 Å². The molecule has 0 aliphatic carbocycles. The van der Waals surface area contributed by atoms with Gasteiger partial charge in [-0.25, -0.2) is 4.39 Å². The SMILES string of the molecule is O=C1CCCN1c1cc(Cl)ccc1F. The maximum Gasteiger partial charge on any atom is 0.227 e. The quantitative estimate of drug-likeness (QED) is 0.702. The minimum absolute atomic E-state index is 0.0360. The number of rotatable bonds is 1. The van der Waals surface area contributed by atoms with Crippen molar-refractivity contribution in [1.82, 2.24) is 0 Å². The Morgan fingerprint density at radius 1 is 1.43 bits per heavy atom. The first-order valence-electron chi connectivity index (χ1n) is 4.44. The summed E-state index contributed by atoms with van der Waals surface area (Å²) in [4.78, 5) is 12.8. The third-order valence-electron chi connectivity index (χ3n) is 2.27. The van der Waals surface area contributed by atoms with E-state index in [0.717, 1.165) is 6.42 Å². The molecule has 0 saturated carbocycles. The lowest BCUT2D eigenvalue weighted by atomic mass is 10.3. The number of carbonyl (C=O) groups excluding carboxylic acids is 1. The number of benzene rings is 1. The molecule has 0 bridgehead atoms. The molecule has 1 aromatic rings. The molecule has 2 nitrogen and oxygen atoms in total. The molecular formula is C10H9ClFNO. The maximum absolute atomic E-state index is 13.3. The fourth-order valence-corrected chi connectivity index (χ4v) is 1.76. The van der Waals surface area contributed by atoms with E-state index in [0.29, 0.717) is 23.7 Å².